The molecule has 0 bridgehead atoms. The average molecular weight is 656 g/mol. The van der Waals surface area contributed by atoms with E-state index < -0.39 is 11.2 Å². The van der Waals surface area contributed by atoms with Gasteiger partial charge in [-0.2, -0.15) is 0 Å². The van der Waals surface area contributed by atoms with Gasteiger partial charge in [0, 0.05) is 65.7 Å². The van der Waals surface area contributed by atoms with Crippen molar-refractivity contribution in [3.05, 3.63) is 43.3 Å². The number of piperazine rings is 2. The normalized spacial score (nSPS) is 19.1. The van der Waals surface area contributed by atoms with Crippen molar-refractivity contribution in [2.45, 2.75) is 85.3 Å². The zero-order valence-electron chi connectivity index (χ0n) is 25.6. The fourth-order valence-electron chi connectivity index (χ4n) is 3.96. The molecule has 1 N–H and O–H groups in total. The van der Waals surface area contributed by atoms with Gasteiger partial charge in [0.1, 0.15) is 17.8 Å². The Hall–Kier alpha value is -2.35. The summed E-state index contributed by atoms with van der Waals surface area (Å²) >= 11 is 0. The van der Waals surface area contributed by atoms with Gasteiger partial charge in [0.2, 0.25) is 0 Å². The molecule has 3 rings (SSSR count). The first-order chi connectivity index (χ1) is 17.7. The second kappa shape index (κ2) is 16.8. The minimum absolute atomic E-state index is 0. The molecule has 2 fully saturated rings. The summed E-state index contributed by atoms with van der Waals surface area (Å²) in [7, 11) is 0. The number of hydrogen-bond acceptors (Lipinski definition) is 7. The fourth-order valence-corrected chi connectivity index (χ4v) is 3.96. The Morgan fingerprint density at radius 1 is 0.825 bits per heavy atom. The van der Waals surface area contributed by atoms with Gasteiger partial charge in [-0.1, -0.05) is 30.3 Å². The molecule has 0 aliphatic carbocycles. The van der Waals surface area contributed by atoms with E-state index >= 15 is 0 Å². The summed E-state index contributed by atoms with van der Waals surface area (Å²) in [4.78, 5) is 41.1. The molecule has 11 heteroatoms. The third-order valence-electron chi connectivity index (χ3n) is 5.85. The first-order valence-electron chi connectivity index (χ1n) is 13.3. The number of ether oxygens (including phenoxy) is 3. The third kappa shape index (κ3) is 13.3. The molecule has 1 aromatic carbocycles. The number of carbonyl (C=O) groups is 3. The SMILES string of the molecule is CC1CN(C(=O)OCc2ccccc2)CCN1C(=O)OC(C)(C)C.CC1CNCCN1C(=O)OC(C)(C)C.[CH3-].[Pd]. The molecule has 10 nitrogen and oxygen atoms in total. The van der Waals surface area contributed by atoms with Gasteiger partial charge in [0.05, 0.1) is 6.04 Å². The van der Waals surface area contributed by atoms with Gasteiger partial charge in [0.25, 0.3) is 0 Å². The monoisotopic (exact) mass is 655 g/mol. The summed E-state index contributed by atoms with van der Waals surface area (Å²) in [6.45, 7) is 19.1. The second-order valence-corrected chi connectivity index (χ2v) is 11.7. The van der Waals surface area contributed by atoms with E-state index in [2.05, 4.69) is 5.32 Å². The van der Waals surface area contributed by atoms with Crippen molar-refractivity contribution in [1.82, 2.24) is 20.0 Å². The minimum atomic E-state index is -0.525. The summed E-state index contributed by atoms with van der Waals surface area (Å²) in [5, 5.41) is 3.23. The number of rotatable bonds is 2. The molecule has 2 saturated heterocycles. The fraction of sp³-hybridized carbons (Fsp3) is 0.655. The Kier molecular flexibility index (Phi) is 15.8. The molecule has 2 atom stereocenters. The molecule has 2 aliphatic heterocycles. The van der Waals surface area contributed by atoms with E-state index in [-0.39, 0.29) is 64.8 Å². The van der Waals surface area contributed by atoms with Crippen molar-refractivity contribution >= 4 is 18.3 Å². The maximum absolute atomic E-state index is 12.2. The number of carbonyl (C=O) groups excluding carboxylic acids is 3. The van der Waals surface area contributed by atoms with Crippen LogP contribution in [0.4, 0.5) is 14.4 Å². The van der Waals surface area contributed by atoms with Crippen molar-refractivity contribution < 1.29 is 49.0 Å². The van der Waals surface area contributed by atoms with Crippen molar-refractivity contribution in [3.63, 3.8) is 0 Å². The average Bonchev–Trinajstić information content (AvgIpc) is 2.81. The standard InChI is InChI=1S/C18H26N2O4.C10H20N2O2.CH3.Pd/c1-14-12-19(10-11-20(14)17(22)24-18(2,3)4)16(21)23-13-15-8-6-5-7-9-15;1-8-7-11-5-6-12(8)9(13)14-10(2,3)4;;/h5-9,14H,10-13H2,1-4H3;8,11H,5-7H2,1-4H3;1H3;/q;;-1;. The first-order valence-corrected chi connectivity index (χ1v) is 13.3. The summed E-state index contributed by atoms with van der Waals surface area (Å²) in [5.74, 6) is 0. The molecule has 0 radical (unpaired) electrons. The molecular formula is C29H49N4O6Pd-. The number of nitrogens with zero attached hydrogens (tertiary/aromatic N) is 3. The van der Waals surface area contributed by atoms with E-state index in [0.717, 1.165) is 25.2 Å². The van der Waals surface area contributed by atoms with E-state index in [1.165, 1.54) is 0 Å². The van der Waals surface area contributed by atoms with Crippen LogP contribution in [0, 0.1) is 7.43 Å². The van der Waals surface area contributed by atoms with Gasteiger partial charge in [0.15, 0.2) is 0 Å². The maximum atomic E-state index is 12.2. The third-order valence-corrected chi connectivity index (χ3v) is 5.85. The van der Waals surface area contributed by atoms with E-state index in [1.54, 1.807) is 14.7 Å². The van der Waals surface area contributed by atoms with Gasteiger partial charge in [-0.25, -0.2) is 14.4 Å². The van der Waals surface area contributed by atoms with Crippen LogP contribution in [0.3, 0.4) is 0 Å². The van der Waals surface area contributed by atoms with Crippen LogP contribution in [-0.4, -0.2) is 95.5 Å². The Morgan fingerprint density at radius 3 is 1.82 bits per heavy atom. The van der Waals surface area contributed by atoms with Crippen molar-refractivity contribution in [2.24, 2.45) is 0 Å². The molecule has 40 heavy (non-hydrogen) atoms. The van der Waals surface area contributed by atoms with Crippen LogP contribution >= 0.6 is 0 Å². The predicted molar refractivity (Wildman–Crippen MR) is 152 cm³/mol. The van der Waals surface area contributed by atoms with Crippen LogP contribution < -0.4 is 5.32 Å². The smallest absolute Gasteiger partial charge is 0.410 e. The number of hydrogen-bond donors (Lipinski definition) is 1. The first kappa shape index (κ1) is 37.7. The molecule has 232 valence electrons. The van der Waals surface area contributed by atoms with Crippen molar-refractivity contribution in [1.29, 1.82) is 0 Å². The summed E-state index contributed by atoms with van der Waals surface area (Å²) in [5.41, 5.74) is 0.0239. The zero-order chi connectivity index (χ0) is 28.5. The second-order valence-electron chi connectivity index (χ2n) is 11.7. The van der Waals surface area contributed by atoms with Gasteiger partial charge in [-0.05, 0) is 61.0 Å². The molecular weight excluding hydrogens is 607 g/mol. The Labute approximate surface area is 254 Å². The molecule has 2 aliphatic rings. The van der Waals surface area contributed by atoms with Gasteiger partial charge < -0.3 is 41.7 Å². The Bertz CT molecular complexity index is 919. The largest absolute Gasteiger partial charge is 0.445 e. The molecule has 0 saturated carbocycles. The molecule has 2 heterocycles. The predicted octanol–water partition coefficient (Wildman–Crippen LogP) is 4.93. The summed E-state index contributed by atoms with van der Waals surface area (Å²) in [6, 6.07) is 9.67. The number of benzene rings is 1. The van der Waals surface area contributed by atoms with Crippen LogP contribution in [0.15, 0.2) is 30.3 Å². The number of nitrogens with one attached hydrogen (secondary N) is 1. The van der Waals surface area contributed by atoms with Gasteiger partial charge >= 0.3 is 18.3 Å². The summed E-state index contributed by atoms with van der Waals surface area (Å²) in [6.07, 6.45) is -0.895. The molecule has 0 aromatic heterocycles. The van der Waals surface area contributed by atoms with Crippen molar-refractivity contribution in [2.75, 3.05) is 39.3 Å². The molecule has 3 amide bonds. The van der Waals surface area contributed by atoms with E-state index in [9.17, 15) is 14.4 Å². The van der Waals surface area contributed by atoms with Crippen molar-refractivity contribution in [3.8, 4) is 0 Å². The Morgan fingerprint density at radius 2 is 1.35 bits per heavy atom. The van der Waals surface area contributed by atoms with Crippen LogP contribution in [-0.2, 0) is 41.2 Å². The van der Waals surface area contributed by atoms with E-state index in [4.69, 9.17) is 14.2 Å². The number of amides is 3. The zero-order valence-corrected chi connectivity index (χ0v) is 27.2. The molecule has 1 aromatic rings. The maximum Gasteiger partial charge on any atom is 0.410 e. The van der Waals surface area contributed by atoms with Gasteiger partial charge in [-0.15, -0.1) is 0 Å². The van der Waals surface area contributed by atoms with Crippen LogP contribution in [0.25, 0.3) is 0 Å². The van der Waals surface area contributed by atoms with Crippen LogP contribution in [0.2, 0.25) is 0 Å². The van der Waals surface area contributed by atoms with Gasteiger partial charge in [-0.3, -0.25) is 0 Å². The summed E-state index contributed by atoms with van der Waals surface area (Å²) < 4.78 is 16.1. The Balaban J connectivity index is 0.000000819. The quantitative estimate of drug-likeness (QED) is 0.274. The molecule has 2 unspecified atom stereocenters. The van der Waals surface area contributed by atoms with E-state index in [1.807, 2.05) is 85.7 Å². The van der Waals surface area contributed by atoms with Crippen LogP contribution in [0.1, 0.15) is 61.0 Å². The van der Waals surface area contributed by atoms with Crippen LogP contribution in [0.5, 0.6) is 0 Å². The van der Waals surface area contributed by atoms with E-state index in [0.29, 0.717) is 19.6 Å². The molecule has 0 spiro atoms. The minimum Gasteiger partial charge on any atom is -0.445 e. The topological polar surface area (TPSA) is 101 Å².